The second kappa shape index (κ2) is 10.5. The van der Waals surface area contributed by atoms with Gasteiger partial charge in [-0.2, -0.15) is 0 Å². The standard InChI is InChI=1S/C27H32N2O6/c1-17(34-2)24(25(32)28-16-27(12-7-13-27)14-23(30)31)29-26(33)35-15-22-20-10-5-3-8-18(20)19-9-4-6-11-21(19)22/h3-6,8-11,17,22,24H,7,12-16H2,1-2H3,(H,28,32)(H,29,33)(H,30,31)/t17-,24+/m1/s1. The molecule has 0 heterocycles. The number of hydrogen-bond acceptors (Lipinski definition) is 5. The summed E-state index contributed by atoms with van der Waals surface area (Å²) >= 11 is 0. The van der Waals surface area contributed by atoms with E-state index in [9.17, 15) is 19.5 Å². The van der Waals surface area contributed by atoms with Crippen molar-refractivity contribution in [2.24, 2.45) is 5.41 Å². The number of carbonyl (C=O) groups is 3. The molecule has 0 unspecified atom stereocenters. The highest BCUT2D eigenvalue weighted by molar-refractivity contribution is 5.86. The van der Waals surface area contributed by atoms with Gasteiger partial charge in [-0.3, -0.25) is 9.59 Å². The first-order valence-corrected chi connectivity index (χ1v) is 12.0. The number of aliphatic carboxylic acids is 1. The lowest BCUT2D eigenvalue weighted by Gasteiger charge is -2.41. The van der Waals surface area contributed by atoms with Crippen LogP contribution in [0.5, 0.6) is 0 Å². The van der Waals surface area contributed by atoms with Gasteiger partial charge in [-0.15, -0.1) is 0 Å². The Hall–Kier alpha value is -3.39. The van der Waals surface area contributed by atoms with Crippen molar-refractivity contribution in [1.82, 2.24) is 10.6 Å². The van der Waals surface area contributed by atoms with Crippen molar-refractivity contribution in [3.05, 3.63) is 59.7 Å². The molecule has 8 heteroatoms. The third kappa shape index (κ3) is 5.32. The normalized spacial score (nSPS) is 17.3. The Kier molecular flexibility index (Phi) is 7.40. The highest BCUT2D eigenvalue weighted by Gasteiger charge is 2.40. The molecule has 0 radical (unpaired) electrons. The SMILES string of the molecule is CO[C@H](C)[C@H](NC(=O)OCC1c2ccccc2-c2ccccc21)C(=O)NCC1(CC(=O)O)CCC1. The average molecular weight is 481 g/mol. The zero-order chi connectivity index (χ0) is 25.0. The number of hydrogen-bond donors (Lipinski definition) is 3. The van der Waals surface area contributed by atoms with Gasteiger partial charge in [0.25, 0.3) is 0 Å². The molecule has 3 N–H and O–H groups in total. The van der Waals surface area contributed by atoms with Crippen LogP contribution in [0.3, 0.4) is 0 Å². The Morgan fingerprint density at radius 2 is 1.66 bits per heavy atom. The van der Waals surface area contributed by atoms with Crippen molar-refractivity contribution in [2.75, 3.05) is 20.3 Å². The highest BCUT2D eigenvalue weighted by atomic mass is 16.5. The van der Waals surface area contributed by atoms with Gasteiger partial charge < -0.3 is 25.2 Å². The molecule has 0 saturated heterocycles. The topological polar surface area (TPSA) is 114 Å². The lowest BCUT2D eigenvalue weighted by atomic mass is 9.66. The van der Waals surface area contributed by atoms with E-state index in [2.05, 4.69) is 22.8 Å². The van der Waals surface area contributed by atoms with Crippen LogP contribution < -0.4 is 10.6 Å². The summed E-state index contributed by atoms with van der Waals surface area (Å²) in [6.45, 7) is 2.07. The van der Waals surface area contributed by atoms with Gasteiger partial charge in [-0.25, -0.2) is 4.79 Å². The van der Waals surface area contributed by atoms with E-state index < -0.39 is 35.5 Å². The molecule has 2 aliphatic carbocycles. The maximum absolute atomic E-state index is 12.9. The summed E-state index contributed by atoms with van der Waals surface area (Å²) in [5, 5.41) is 14.7. The van der Waals surface area contributed by atoms with Gasteiger partial charge in [0.05, 0.1) is 12.5 Å². The minimum atomic E-state index is -0.974. The van der Waals surface area contributed by atoms with Gasteiger partial charge in [0.1, 0.15) is 12.6 Å². The molecule has 2 atom stereocenters. The second-order valence-electron chi connectivity index (χ2n) is 9.53. The van der Waals surface area contributed by atoms with Gasteiger partial charge in [0.15, 0.2) is 0 Å². The van der Waals surface area contributed by atoms with Gasteiger partial charge in [-0.1, -0.05) is 55.0 Å². The number of carboxylic acids is 1. The first-order chi connectivity index (χ1) is 16.8. The van der Waals surface area contributed by atoms with Gasteiger partial charge >= 0.3 is 12.1 Å². The van der Waals surface area contributed by atoms with Crippen LogP contribution in [-0.4, -0.2) is 55.5 Å². The predicted octanol–water partition coefficient (Wildman–Crippen LogP) is 3.69. The van der Waals surface area contributed by atoms with Crippen LogP contribution in [0.15, 0.2) is 48.5 Å². The summed E-state index contributed by atoms with van der Waals surface area (Å²) in [5.74, 6) is -1.39. The number of amides is 2. The number of methoxy groups -OCH3 is 1. The second-order valence-corrected chi connectivity index (χ2v) is 9.53. The fraction of sp³-hybridized carbons (Fsp3) is 0.444. The molecule has 186 valence electrons. The first-order valence-electron chi connectivity index (χ1n) is 12.0. The number of carbonyl (C=O) groups excluding carboxylic acids is 2. The van der Waals surface area contributed by atoms with Gasteiger partial charge in [0, 0.05) is 19.6 Å². The Labute approximate surface area is 205 Å². The van der Waals surface area contributed by atoms with E-state index in [0.29, 0.717) is 0 Å². The predicted molar refractivity (Wildman–Crippen MR) is 130 cm³/mol. The van der Waals surface area contributed by atoms with Crippen LogP contribution in [0.25, 0.3) is 11.1 Å². The highest BCUT2D eigenvalue weighted by Crippen LogP contribution is 2.45. The number of carboxylic acid groups (broad SMARTS) is 1. The molecule has 4 rings (SSSR count). The summed E-state index contributed by atoms with van der Waals surface area (Å²) in [7, 11) is 1.46. The number of benzene rings is 2. The molecule has 0 bridgehead atoms. The molecular weight excluding hydrogens is 448 g/mol. The van der Waals surface area contributed by atoms with E-state index in [-0.39, 0.29) is 25.5 Å². The molecule has 35 heavy (non-hydrogen) atoms. The molecule has 0 spiro atoms. The summed E-state index contributed by atoms with van der Waals surface area (Å²) in [4.78, 5) is 36.9. The quantitative estimate of drug-likeness (QED) is 0.478. The number of alkyl carbamates (subject to hydrolysis) is 1. The molecular formula is C27H32N2O6. The van der Waals surface area contributed by atoms with Crippen molar-refractivity contribution in [2.45, 2.75) is 50.7 Å². The smallest absolute Gasteiger partial charge is 0.407 e. The molecule has 2 amide bonds. The molecule has 0 aromatic heterocycles. The third-order valence-electron chi connectivity index (χ3n) is 7.32. The summed E-state index contributed by atoms with van der Waals surface area (Å²) in [6, 6.07) is 15.2. The number of rotatable bonds is 10. The summed E-state index contributed by atoms with van der Waals surface area (Å²) in [5.41, 5.74) is 4.05. The minimum absolute atomic E-state index is 0.0115. The van der Waals surface area contributed by atoms with Crippen molar-refractivity contribution in [3.63, 3.8) is 0 Å². The van der Waals surface area contributed by atoms with Crippen LogP contribution >= 0.6 is 0 Å². The lowest BCUT2D eigenvalue weighted by molar-refractivity contribution is -0.142. The van der Waals surface area contributed by atoms with Crippen LogP contribution in [0.2, 0.25) is 0 Å². The Bertz CT molecular complexity index is 1050. The van der Waals surface area contributed by atoms with E-state index >= 15 is 0 Å². The number of nitrogens with one attached hydrogen (secondary N) is 2. The fourth-order valence-corrected chi connectivity index (χ4v) is 5.10. The summed E-state index contributed by atoms with van der Waals surface area (Å²) < 4.78 is 10.9. The summed E-state index contributed by atoms with van der Waals surface area (Å²) in [6.07, 6.45) is 1.15. The maximum Gasteiger partial charge on any atom is 0.407 e. The molecule has 2 aliphatic rings. The third-order valence-corrected chi connectivity index (χ3v) is 7.32. The fourth-order valence-electron chi connectivity index (χ4n) is 5.10. The molecule has 2 aromatic rings. The molecule has 0 aliphatic heterocycles. The van der Waals surface area contributed by atoms with E-state index in [1.807, 2.05) is 36.4 Å². The van der Waals surface area contributed by atoms with Crippen molar-refractivity contribution in [1.29, 1.82) is 0 Å². The average Bonchev–Trinajstić information content (AvgIpc) is 3.15. The van der Waals surface area contributed by atoms with E-state index in [1.54, 1.807) is 6.92 Å². The Balaban J connectivity index is 1.38. The van der Waals surface area contributed by atoms with E-state index in [1.165, 1.54) is 7.11 Å². The Morgan fingerprint density at radius 3 is 2.17 bits per heavy atom. The van der Waals surface area contributed by atoms with E-state index in [0.717, 1.165) is 41.5 Å². The van der Waals surface area contributed by atoms with Crippen LogP contribution in [0.4, 0.5) is 4.79 Å². The first kappa shape index (κ1) is 24.7. The maximum atomic E-state index is 12.9. The minimum Gasteiger partial charge on any atom is -0.481 e. The van der Waals surface area contributed by atoms with Crippen LogP contribution in [0.1, 0.15) is 49.7 Å². The largest absolute Gasteiger partial charge is 0.481 e. The van der Waals surface area contributed by atoms with E-state index in [4.69, 9.17) is 9.47 Å². The van der Waals surface area contributed by atoms with Crippen molar-refractivity contribution in [3.8, 4) is 11.1 Å². The number of fused-ring (bicyclic) bond motifs is 3. The van der Waals surface area contributed by atoms with Crippen LogP contribution in [0, 0.1) is 5.41 Å². The lowest BCUT2D eigenvalue weighted by Crippen LogP contribution is -2.55. The molecule has 1 saturated carbocycles. The Morgan fingerprint density at radius 1 is 1.06 bits per heavy atom. The van der Waals surface area contributed by atoms with Gasteiger partial charge in [0.2, 0.25) is 5.91 Å². The molecule has 1 fully saturated rings. The monoisotopic (exact) mass is 480 g/mol. The van der Waals surface area contributed by atoms with Gasteiger partial charge in [-0.05, 0) is 47.4 Å². The van der Waals surface area contributed by atoms with Crippen molar-refractivity contribution >= 4 is 18.0 Å². The molecule has 8 nitrogen and oxygen atoms in total. The van der Waals surface area contributed by atoms with Crippen LogP contribution in [-0.2, 0) is 19.1 Å². The number of ether oxygens (including phenoxy) is 2. The zero-order valence-corrected chi connectivity index (χ0v) is 20.1. The molecule has 2 aromatic carbocycles. The zero-order valence-electron chi connectivity index (χ0n) is 20.1. The van der Waals surface area contributed by atoms with Crippen molar-refractivity contribution < 1.29 is 29.0 Å².